The number of hydrogen-bond donors (Lipinski definition) is 2. The molecule has 3 aromatic rings. The predicted octanol–water partition coefficient (Wildman–Crippen LogP) is 1.82. The molecule has 0 saturated carbocycles. The van der Waals surface area contributed by atoms with Gasteiger partial charge in [0.15, 0.2) is 0 Å². The molecular weight excluding hydrogens is 415 g/mol. The first-order valence-electron chi connectivity index (χ1n) is 10.1. The number of piperidine rings is 1. The van der Waals surface area contributed by atoms with E-state index in [1.807, 2.05) is 0 Å². The Morgan fingerprint density at radius 3 is 2.78 bits per heavy atom. The second kappa shape index (κ2) is 7.30. The molecule has 2 aliphatic rings. The molecule has 0 radical (unpaired) electrons. The maximum absolute atomic E-state index is 13.5. The molecule has 9 heteroatoms. The second-order valence-corrected chi connectivity index (χ2v) is 7.97. The molecular formula is C23H18FN4O4-. The van der Waals surface area contributed by atoms with Crippen molar-refractivity contribution in [2.45, 2.75) is 32.4 Å². The number of carbonyl (C=O) groups excluding carboxylic acids is 3. The van der Waals surface area contributed by atoms with Crippen molar-refractivity contribution in [1.82, 2.24) is 15.2 Å². The van der Waals surface area contributed by atoms with Crippen molar-refractivity contribution in [3.63, 3.8) is 0 Å². The summed E-state index contributed by atoms with van der Waals surface area (Å²) in [5.41, 5.74) is 2.93. The first kappa shape index (κ1) is 19.9. The topological polar surface area (TPSA) is 118 Å². The van der Waals surface area contributed by atoms with E-state index in [9.17, 15) is 23.9 Å². The molecule has 2 aromatic carbocycles. The number of halogens is 1. The third kappa shape index (κ3) is 3.22. The average Bonchev–Trinajstić information content (AvgIpc) is 3.24. The number of amides is 3. The van der Waals surface area contributed by atoms with E-state index in [2.05, 4.69) is 15.3 Å². The molecule has 8 nitrogen and oxygen atoms in total. The van der Waals surface area contributed by atoms with Crippen LogP contribution in [0.5, 0.6) is 0 Å². The number of fused-ring (bicyclic) bond motifs is 2. The van der Waals surface area contributed by atoms with Gasteiger partial charge < -0.3 is 15.0 Å². The summed E-state index contributed by atoms with van der Waals surface area (Å²) in [5, 5.41) is 15.8. The van der Waals surface area contributed by atoms with Crippen molar-refractivity contribution in [2.24, 2.45) is 4.99 Å². The lowest BCUT2D eigenvalue weighted by atomic mass is 10.0. The number of aromatic nitrogens is 1. The van der Waals surface area contributed by atoms with Crippen LogP contribution >= 0.6 is 0 Å². The number of imide groups is 1. The summed E-state index contributed by atoms with van der Waals surface area (Å²) in [6, 6.07) is 8.36. The molecule has 2 aliphatic heterocycles. The van der Waals surface area contributed by atoms with Crippen LogP contribution < -0.4 is 10.4 Å². The quantitative estimate of drug-likeness (QED) is 0.372. The maximum atomic E-state index is 13.5. The van der Waals surface area contributed by atoms with Gasteiger partial charge in [-0.15, -0.1) is 0 Å². The minimum absolute atomic E-state index is 0.180. The molecule has 0 spiro atoms. The van der Waals surface area contributed by atoms with Crippen LogP contribution in [-0.4, -0.2) is 39.5 Å². The molecule has 2 N–H and O–H groups in total. The van der Waals surface area contributed by atoms with Crippen LogP contribution in [0.4, 0.5) is 10.1 Å². The van der Waals surface area contributed by atoms with Gasteiger partial charge in [-0.2, -0.15) is 0 Å². The van der Waals surface area contributed by atoms with Gasteiger partial charge in [-0.05, 0) is 60.9 Å². The van der Waals surface area contributed by atoms with Crippen molar-refractivity contribution in [1.29, 1.82) is 0 Å². The van der Waals surface area contributed by atoms with Crippen LogP contribution in [0, 0.1) is 12.7 Å². The molecule has 3 heterocycles. The highest BCUT2D eigenvalue weighted by Gasteiger charge is 2.39. The van der Waals surface area contributed by atoms with Crippen molar-refractivity contribution in [3.8, 4) is 0 Å². The summed E-state index contributed by atoms with van der Waals surface area (Å²) in [5.74, 6) is -2.02. The Labute approximate surface area is 181 Å². The standard InChI is InChI=1S/C23H19FN4O4/c1-11-15-4-2-13(24)9-17(15)26-20(11)22(31)25-14-3-5-16-12(8-14)10-28(23(16)32)18-6-7-19(29)27-21(18)30/h2-5,8-9,18,26H,6-7,10H2,1H3,(H,25,31)(H,27,29,30)/p-1. The van der Waals surface area contributed by atoms with Gasteiger partial charge in [0.25, 0.3) is 5.91 Å². The summed E-state index contributed by atoms with van der Waals surface area (Å²) < 4.78 is 13.5. The molecule has 1 atom stereocenters. The van der Waals surface area contributed by atoms with Gasteiger partial charge >= 0.3 is 0 Å². The van der Waals surface area contributed by atoms with Gasteiger partial charge in [-0.25, -0.2) is 4.39 Å². The Morgan fingerprint density at radius 1 is 1.19 bits per heavy atom. The minimum Gasteiger partial charge on any atom is -0.857 e. The largest absolute Gasteiger partial charge is 0.857 e. The molecule has 0 bridgehead atoms. The van der Waals surface area contributed by atoms with E-state index in [-0.39, 0.29) is 36.9 Å². The van der Waals surface area contributed by atoms with E-state index >= 15 is 0 Å². The van der Waals surface area contributed by atoms with Gasteiger partial charge in [-0.1, -0.05) is 0 Å². The van der Waals surface area contributed by atoms with Crippen LogP contribution in [0.15, 0.2) is 41.4 Å². The molecule has 1 saturated heterocycles. The monoisotopic (exact) mass is 433 g/mol. The number of aryl methyl sites for hydroxylation is 1. The fraction of sp³-hybridized carbons (Fsp3) is 0.217. The molecule has 32 heavy (non-hydrogen) atoms. The van der Waals surface area contributed by atoms with Crippen LogP contribution in [0.1, 0.15) is 40.0 Å². The molecule has 1 aromatic heterocycles. The highest BCUT2D eigenvalue weighted by atomic mass is 19.1. The zero-order valence-corrected chi connectivity index (χ0v) is 17.1. The summed E-state index contributed by atoms with van der Waals surface area (Å²) in [4.78, 5) is 44.9. The number of carbonyl (C=O) groups is 3. The van der Waals surface area contributed by atoms with Crippen molar-refractivity contribution >= 4 is 40.2 Å². The Balaban J connectivity index is 1.43. The fourth-order valence-corrected chi connectivity index (χ4v) is 4.33. The number of aromatic amines is 1. The lowest BCUT2D eigenvalue weighted by Gasteiger charge is -2.29. The maximum Gasteiger partial charge on any atom is 0.255 e. The van der Waals surface area contributed by atoms with E-state index < -0.39 is 23.7 Å². The molecule has 1 fully saturated rings. The average molecular weight is 433 g/mol. The zero-order chi connectivity index (χ0) is 22.6. The third-order valence-corrected chi connectivity index (χ3v) is 5.97. The molecule has 3 amide bonds. The molecule has 1 unspecified atom stereocenters. The van der Waals surface area contributed by atoms with Crippen molar-refractivity contribution < 1.29 is 23.9 Å². The molecule has 5 rings (SSSR count). The number of hydrogen-bond acceptors (Lipinski definition) is 5. The SMILES string of the molecule is Cc1c(C([O-])=Nc2ccc3c(c2)CN(C2CCC(=O)NC2=O)C3=O)[nH]c2cc(F)ccc12. The normalized spacial score (nSPS) is 18.9. The summed E-state index contributed by atoms with van der Waals surface area (Å²) in [6.45, 7) is 1.96. The Hall–Kier alpha value is -4.01. The highest BCUT2D eigenvalue weighted by Crippen LogP contribution is 2.31. The van der Waals surface area contributed by atoms with E-state index in [1.165, 1.54) is 17.0 Å². The fourth-order valence-electron chi connectivity index (χ4n) is 4.33. The summed E-state index contributed by atoms with van der Waals surface area (Å²) >= 11 is 0. The molecule has 162 valence electrons. The van der Waals surface area contributed by atoms with Crippen molar-refractivity contribution in [3.05, 3.63) is 64.6 Å². The van der Waals surface area contributed by atoms with E-state index in [0.29, 0.717) is 27.9 Å². The second-order valence-electron chi connectivity index (χ2n) is 7.97. The van der Waals surface area contributed by atoms with Crippen LogP contribution in [0.3, 0.4) is 0 Å². The number of H-pyrrole nitrogens is 1. The predicted molar refractivity (Wildman–Crippen MR) is 112 cm³/mol. The van der Waals surface area contributed by atoms with E-state index in [4.69, 9.17) is 0 Å². The third-order valence-electron chi connectivity index (χ3n) is 5.97. The van der Waals surface area contributed by atoms with Crippen LogP contribution in [0.25, 0.3) is 10.9 Å². The number of aliphatic imine (C=N–C) groups is 1. The minimum atomic E-state index is -0.705. The van der Waals surface area contributed by atoms with Gasteiger partial charge in [0.05, 0.1) is 11.4 Å². The van der Waals surface area contributed by atoms with E-state index in [0.717, 1.165) is 5.39 Å². The van der Waals surface area contributed by atoms with Crippen molar-refractivity contribution in [2.75, 3.05) is 0 Å². The highest BCUT2D eigenvalue weighted by molar-refractivity contribution is 6.05. The van der Waals surface area contributed by atoms with Crippen LogP contribution in [-0.2, 0) is 16.1 Å². The number of rotatable bonds is 3. The Morgan fingerprint density at radius 2 is 2.00 bits per heavy atom. The van der Waals surface area contributed by atoms with Gasteiger partial charge in [0, 0.05) is 35.3 Å². The zero-order valence-electron chi connectivity index (χ0n) is 17.1. The van der Waals surface area contributed by atoms with Gasteiger partial charge in [0.1, 0.15) is 11.9 Å². The van der Waals surface area contributed by atoms with Gasteiger partial charge in [-0.3, -0.25) is 24.7 Å². The summed E-state index contributed by atoms with van der Waals surface area (Å²) in [7, 11) is 0. The van der Waals surface area contributed by atoms with E-state index in [1.54, 1.807) is 31.2 Å². The smallest absolute Gasteiger partial charge is 0.255 e. The number of nitrogens with one attached hydrogen (secondary N) is 2. The Bertz CT molecular complexity index is 1340. The number of benzene rings is 2. The van der Waals surface area contributed by atoms with Gasteiger partial charge in [0.2, 0.25) is 11.8 Å². The first-order chi connectivity index (χ1) is 15.3. The van der Waals surface area contributed by atoms with Crippen LogP contribution in [0.2, 0.25) is 0 Å². The Kier molecular flexibility index (Phi) is 4.54. The number of nitrogens with zero attached hydrogens (tertiary/aromatic N) is 2. The molecule has 0 aliphatic carbocycles. The first-order valence-corrected chi connectivity index (χ1v) is 10.1. The summed E-state index contributed by atoms with van der Waals surface area (Å²) in [6.07, 6.45) is 0.458. The lowest BCUT2D eigenvalue weighted by Crippen LogP contribution is -2.52. The lowest BCUT2D eigenvalue weighted by molar-refractivity contribution is -0.213.